The lowest BCUT2D eigenvalue weighted by Gasteiger charge is -1.89. The van der Waals surface area contributed by atoms with Gasteiger partial charge in [-0.3, -0.25) is 4.79 Å². The molecule has 15 heavy (non-hydrogen) atoms. The van der Waals surface area contributed by atoms with Crippen LogP contribution >= 0.6 is 11.3 Å². The fourth-order valence-electron chi connectivity index (χ4n) is 1.28. The first-order valence-corrected chi connectivity index (χ1v) is 5.24. The van der Waals surface area contributed by atoms with Crippen molar-refractivity contribution in [3.05, 3.63) is 29.0 Å². The van der Waals surface area contributed by atoms with Gasteiger partial charge in [0.15, 0.2) is 0 Å². The molecule has 0 atom stereocenters. The first-order chi connectivity index (χ1) is 7.16. The van der Waals surface area contributed by atoms with Crippen LogP contribution in [0.3, 0.4) is 0 Å². The fourth-order valence-corrected chi connectivity index (χ4v) is 2.26. The van der Waals surface area contributed by atoms with Gasteiger partial charge in [0.2, 0.25) is 0 Å². The first-order valence-electron chi connectivity index (χ1n) is 4.42. The molecule has 1 heterocycles. The molecule has 0 aliphatic heterocycles. The molecule has 0 saturated carbocycles. The van der Waals surface area contributed by atoms with Crippen molar-refractivity contribution in [1.82, 2.24) is 4.98 Å². The van der Waals surface area contributed by atoms with Gasteiger partial charge in [0.05, 0.1) is 16.1 Å². The number of carbonyl (C=O) groups is 1. The van der Waals surface area contributed by atoms with E-state index in [1.165, 1.54) is 17.4 Å². The lowest BCUT2D eigenvalue weighted by atomic mass is 10.3. The quantitative estimate of drug-likeness (QED) is 0.872. The monoisotopic (exact) mass is 225 g/mol. The zero-order valence-corrected chi connectivity index (χ0v) is 8.55. The number of thiazole rings is 1. The molecule has 1 aromatic heterocycles. The Morgan fingerprint density at radius 3 is 3.00 bits per heavy atom. The summed E-state index contributed by atoms with van der Waals surface area (Å²) < 4.78 is 14.0. The molecule has 1 aromatic carbocycles. The van der Waals surface area contributed by atoms with E-state index < -0.39 is 5.97 Å². The number of benzene rings is 1. The van der Waals surface area contributed by atoms with Gasteiger partial charge < -0.3 is 5.11 Å². The molecule has 3 nitrogen and oxygen atoms in total. The maximum atomic E-state index is 13.2. The predicted molar refractivity (Wildman–Crippen MR) is 55.5 cm³/mol. The Hall–Kier alpha value is -1.49. The van der Waals surface area contributed by atoms with Crippen LogP contribution in [0.2, 0.25) is 0 Å². The van der Waals surface area contributed by atoms with Gasteiger partial charge >= 0.3 is 5.97 Å². The first kappa shape index (κ1) is 10.0. The highest BCUT2D eigenvalue weighted by atomic mass is 32.1. The van der Waals surface area contributed by atoms with E-state index >= 15 is 0 Å². The predicted octanol–water partition coefficient (Wildman–Crippen LogP) is 2.45. The van der Waals surface area contributed by atoms with Crippen molar-refractivity contribution < 1.29 is 14.3 Å². The summed E-state index contributed by atoms with van der Waals surface area (Å²) in [4.78, 5) is 14.4. The Bertz CT molecular complexity index is 509. The number of carboxylic acid groups (broad SMARTS) is 1. The van der Waals surface area contributed by atoms with Gasteiger partial charge in [-0.05, 0) is 12.1 Å². The second kappa shape index (κ2) is 3.94. The van der Waals surface area contributed by atoms with Crippen molar-refractivity contribution in [3.8, 4) is 0 Å². The standard InChI is InChI=1S/C10H8FNO2S/c11-6-2-1-3-7-10(6)12-8(15-7)4-5-9(13)14/h1-3H,4-5H2,(H,13,14). The van der Waals surface area contributed by atoms with Crippen molar-refractivity contribution in [1.29, 1.82) is 0 Å². The summed E-state index contributed by atoms with van der Waals surface area (Å²) in [5.41, 5.74) is 0.336. The lowest BCUT2D eigenvalue weighted by molar-refractivity contribution is -0.136. The average molecular weight is 225 g/mol. The van der Waals surface area contributed by atoms with E-state index in [0.29, 0.717) is 16.9 Å². The van der Waals surface area contributed by atoms with Crippen LogP contribution < -0.4 is 0 Å². The van der Waals surface area contributed by atoms with Gasteiger partial charge in [-0.1, -0.05) is 6.07 Å². The third-order valence-electron chi connectivity index (χ3n) is 1.97. The smallest absolute Gasteiger partial charge is 0.303 e. The number of hydrogen-bond acceptors (Lipinski definition) is 3. The van der Waals surface area contributed by atoms with Crippen LogP contribution in [0.25, 0.3) is 10.2 Å². The Kier molecular flexibility index (Phi) is 2.64. The number of aromatic nitrogens is 1. The molecule has 5 heteroatoms. The minimum absolute atomic E-state index is 0.0292. The number of para-hydroxylation sites is 1. The molecule has 2 aromatic rings. The summed E-state index contributed by atoms with van der Waals surface area (Å²) in [5.74, 6) is -1.22. The number of aryl methyl sites for hydroxylation is 1. The second-order valence-electron chi connectivity index (χ2n) is 3.09. The number of rotatable bonds is 3. The van der Waals surface area contributed by atoms with E-state index in [-0.39, 0.29) is 12.2 Å². The van der Waals surface area contributed by atoms with Crippen LogP contribution in [0, 0.1) is 5.82 Å². The lowest BCUT2D eigenvalue weighted by Crippen LogP contribution is -1.96. The molecule has 0 saturated heterocycles. The highest BCUT2D eigenvalue weighted by molar-refractivity contribution is 7.18. The molecular weight excluding hydrogens is 217 g/mol. The SMILES string of the molecule is O=C(O)CCc1nc2c(F)cccc2s1. The minimum Gasteiger partial charge on any atom is -0.481 e. The summed E-state index contributed by atoms with van der Waals surface area (Å²) in [6, 6.07) is 4.75. The molecule has 0 spiro atoms. The highest BCUT2D eigenvalue weighted by Gasteiger charge is 2.08. The largest absolute Gasteiger partial charge is 0.481 e. The molecular formula is C10H8FNO2S. The van der Waals surface area contributed by atoms with Crippen molar-refractivity contribution >= 4 is 27.5 Å². The molecule has 2 rings (SSSR count). The molecule has 0 radical (unpaired) electrons. The molecule has 78 valence electrons. The van der Waals surface area contributed by atoms with E-state index in [9.17, 15) is 9.18 Å². The number of aliphatic carboxylic acids is 1. The van der Waals surface area contributed by atoms with Gasteiger partial charge in [-0.25, -0.2) is 9.37 Å². The van der Waals surface area contributed by atoms with Crippen LogP contribution in [0.4, 0.5) is 4.39 Å². The van der Waals surface area contributed by atoms with Crippen LogP contribution in [0.15, 0.2) is 18.2 Å². The molecule has 0 amide bonds. The summed E-state index contributed by atoms with van der Waals surface area (Å²) in [5, 5.41) is 9.17. The van der Waals surface area contributed by atoms with Crippen LogP contribution in [-0.4, -0.2) is 16.1 Å². The fraction of sp³-hybridized carbons (Fsp3) is 0.200. The van der Waals surface area contributed by atoms with E-state index in [4.69, 9.17) is 5.11 Å². The Labute approximate surface area is 89.2 Å². The summed E-state index contributed by atoms with van der Waals surface area (Å²) in [6.45, 7) is 0. The van der Waals surface area contributed by atoms with E-state index in [1.54, 1.807) is 12.1 Å². The molecule has 0 aliphatic carbocycles. The number of carboxylic acids is 1. The van der Waals surface area contributed by atoms with Crippen LogP contribution in [0.1, 0.15) is 11.4 Å². The maximum Gasteiger partial charge on any atom is 0.303 e. The van der Waals surface area contributed by atoms with Crippen LogP contribution in [-0.2, 0) is 11.2 Å². The minimum atomic E-state index is -0.866. The third kappa shape index (κ3) is 2.12. The van der Waals surface area contributed by atoms with E-state index in [2.05, 4.69) is 4.98 Å². The van der Waals surface area contributed by atoms with Gasteiger partial charge in [0.1, 0.15) is 11.3 Å². The van der Waals surface area contributed by atoms with Gasteiger partial charge in [0.25, 0.3) is 0 Å². The maximum absolute atomic E-state index is 13.2. The van der Waals surface area contributed by atoms with Crippen LogP contribution in [0.5, 0.6) is 0 Å². The molecule has 1 N–H and O–H groups in total. The molecule has 0 bridgehead atoms. The summed E-state index contributed by atoms with van der Waals surface area (Å²) in [6.07, 6.45) is 0.384. The van der Waals surface area contributed by atoms with Gasteiger partial charge in [0, 0.05) is 6.42 Å². The second-order valence-corrected chi connectivity index (χ2v) is 4.20. The van der Waals surface area contributed by atoms with E-state index in [0.717, 1.165) is 4.70 Å². The Balaban J connectivity index is 2.31. The van der Waals surface area contributed by atoms with Crippen molar-refractivity contribution in [2.75, 3.05) is 0 Å². The zero-order chi connectivity index (χ0) is 10.8. The number of nitrogens with zero attached hydrogens (tertiary/aromatic N) is 1. The summed E-state index contributed by atoms with van der Waals surface area (Å²) in [7, 11) is 0. The zero-order valence-electron chi connectivity index (χ0n) is 7.74. The van der Waals surface area contributed by atoms with Gasteiger partial charge in [-0.15, -0.1) is 11.3 Å². The normalized spacial score (nSPS) is 10.7. The third-order valence-corrected chi connectivity index (χ3v) is 3.05. The average Bonchev–Trinajstić information content (AvgIpc) is 2.59. The number of fused-ring (bicyclic) bond motifs is 1. The van der Waals surface area contributed by atoms with E-state index in [1.807, 2.05) is 0 Å². The summed E-state index contributed by atoms with van der Waals surface area (Å²) >= 11 is 1.34. The number of halogens is 1. The highest BCUT2D eigenvalue weighted by Crippen LogP contribution is 2.24. The molecule has 0 unspecified atom stereocenters. The van der Waals surface area contributed by atoms with Crippen molar-refractivity contribution in [2.24, 2.45) is 0 Å². The molecule has 0 aliphatic rings. The van der Waals surface area contributed by atoms with Crippen molar-refractivity contribution in [2.45, 2.75) is 12.8 Å². The topological polar surface area (TPSA) is 50.2 Å². The number of hydrogen-bond donors (Lipinski definition) is 1. The van der Waals surface area contributed by atoms with Crippen molar-refractivity contribution in [3.63, 3.8) is 0 Å². The Morgan fingerprint density at radius 1 is 1.53 bits per heavy atom. The van der Waals surface area contributed by atoms with Gasteiger partial charge in [-0.2, -0.15) is 0 Å². The Morgan fingerprint density at radius 2 is 2.33 bits per heavy atom. The molecule has 0 fully saturated rings.